The summed E-state index contributed by atoms with van der Waals surface area (Å²) in [5, 5.41) is 20.9. The first-order chi connectivity index (χ1) is 18.0. The molecule has 0 radical (unpaired) electrons. The minimum Gasteiger partial charge on any atom is -0.507 e. The molecule has 2 aromatic heterocycles. The summed E-state index contributed by atoms with van der Waals surface area (Å²) in [6.07, 6.45) is 1.61. The number of carbonyl (C=O) groups excluding carboxylic acids is 1. The van der Waals surface area contributed by atoms with Crippen LogP contribution in [0.2, 0.25) is 0 Å². The molecule has 2 aromatic carbocycles. The van der Waals surface area contributed by atoms with Gasteiger partial charge in [-0.15, -0.1) is 11.3 Å². The van der Waals surface area contributed by atoms with E-state index in [0.29, 0.717) is 37.5 Å². The Morgan fingerprint density at radius 2 is 1.92 bits per heavy atom. The van der Waals surface area contributed by atoms with Crippen LogP contribution in [-0.2, 0) is 9.53 Å². The van der Waals surface area contributed by atoms with Crippen LogP contribution in [0.4, 0.5) is 11.4 Å². The third kappa shape index (κ3) is 4.93. The third-order valence-electron chi connectivity index (χ3n) is 5.66. The number of azo groups is 1. The Kier molecular flexibility index (Phi) is 6.93. The monoisotopic (exact) mass is 530 g/mol. The molecule has 0 unspecified atom stereocenters. The van der Waals surface area contributed by atoms with E-state index in [1.807, 2.05) is 47.8 Å². The second kappa shape index (κ2) is 10.5. The highest BCUT2D eigenvalue weighted by atomic mass is 32.1. The van der Waals surface area contributed by atoms with Crippen LogP contribution in [0.15, 0.2) is 97.3 Å². The molecule has 1 N–H and O–H groups in total. The van der Waals surface area contributed by atoms with Gasteiger partial charge in [0.05, 0.1) is 33.8 Å². The van der Waals surface area contributed by atoms with Gasteiger partial charge in [-0.2, -0.15) is 10.2 Å². The Bertz CT molecular complexity index is 1700. The van der Waals surface area contributed by atoms with Crippen molar-refractivity contribution in [2.75, 3.05) is 6.61 Å². The summed E-state index contributed by atoms with van der Waals surface area (Å²) in [5.74, 6) is -0.492. The maximum absolute atomic E-state index is 13.7. The average molecular weight is 531 g/mol. The summed E-state index contributed by atoms with van der Waals surface area (Å²) in [5.41, 5.74) is 2.19. The lowest BCUT2D eigenvalue weighted by molar-refractivity contribution is -0.139. The van der Waals surface area contributed by atoms with Gasteiger partial charge in [0.25, 0.3) is 5.56 Å². The maximum Gasteiger partial charge on any atom is 0.338 e. The average Bonchev–Trinajstić information content (AvgIpc) is 3.53. The van der Waals surface area contributed by atoms with Crippen molar-refractivity contribution in [3.63, 3.8) is 0 Å². The van der Waals surface area contributed by atoms with E-state index in [0.717, 1.165) is 4.88 Å². The van der Waals surface area contributed by atoms with Crippen molar-refractivity contribution < 1.29 is 14.6 Å². The van der Waals surface area contributed by atoms with Gasteiger partial charge in [-0.1, -0.05) is 35.6 Å². The van der Waals surface area contributed by atoms with Gasteiger partial charge in [-0.05, 0) is 61.7 Å². The van der Waals surface area contributed by atoms with E-state index >= 15 is 0 Å². The number of thiophene rings is 1. The van der Waals surface area contributed by atoms with E-state index in [1.54, 1.807) is 32.1 Å². The summed E-state index contributed by atoms with van der Waals surface area (Å²) in [6, 6.07) is 17.2. The molecule has 37 heavy (non-hydrogen) atoms. The van der Waals surface area contributed by atoms with Gasteiger partial charge in [-0.25, -0.2) is 9.79 Å². The van der Waals surface area contributed by atoms with Gasteiger partial charge in [-0.3, -0.25) is 9.36 Å². The zero-order chi connectivity index (χ0) is 25.9. The first-order valence-electron chi connectivity index (χ1n) is 11.5. The Morgan fingerprint density at radius 1 is 1.14 bits per heavy atom. The molecular weight excluding hydrogens is 508 g/mol. The van der Waals surface area contributed by atoms with Crippen LogP contribution < -0.4 is 14.9 Å². The number of hydrogen-bond acceptors (Lipinski definition) is 9. The number of phenolic OH excluding ortho intramolecular Hbond substituents is 1. The molecule has 0 saturated heterocycles. The summed E-state index contributed by atoms with van der Waals surface area (Å²) in [4.78, 5) is 32.4. The molecule has 5 rings (SSSR count). The fourth-order valence-corrected chi connectivity index (χ4v) is 5.84. The normalized spacial score (nSPS) is 15.6. The number of esters is 1. The van der Waals surface area contributed by atoms with Crippen LogP contribution in [0.3, 0.4) is 0 Å². The number of aromatic hydroxyl groups is 1. The summed E-state index contributed by atoms with van der Waals surface area (Å²) in [7, 11) is 0. The molecule has 0 amide bonds. The van der Waals surface area contributed by atoms with Gasteiger partial charge < -0.3 is 9.84 Å². The number of hydrogen-bond donors (Lipinski definition) is 1. The highest BCUT2D eigenvalue weighted by Gasteiger charge is 2.33. The molecule has 1 aliphatic heterocycles. The summed E-state index contributed by atoms with van der Waals surface area (Å²) < 4.78 is 7.19. The predicted molar refractivity (Wildman–Crippen MR) is 143 cm³/mol. The number of benzene rings is 2. The van der Waals surface area contributed by atoms with Gasteiger partial charge in [0.1, 0.15) is 11.8 Å². The number of thiazole rings is 1. The van der Waals surface area contributed by atoms with E-state index in [9.17, 15) is 14.7 Å². The van der Waals surface area contributed by atoms with Crippen LogP contribution in [0.1, 0.15) is 30.3 Å². The standard InChI is InChI=1S/C27H22N4O4S2/c1-3-35-26(34)23-16(2)28-27-31(24(23)21-10-7-13-36-21)25(33)22(37-27)15-17-14-19(11-12-20(17)32)30-29-18-8-5-4-6-9-18/h4-15,24,32H,3H2,1-2H3/b22-15-,30-29?/t24-/m0/s1. The molecule has 0 aliphatic carbocycles. The molecule has 0 saturated carbocycles. The highest BCUT2D eigenvalue weighted by molar-refractivity contribution is 7.10. The lowest BCUT2D eigenvalue weighted by atomic mass is 10.0. The lowest BCUT2D eigenvalue weighted by Crippen LogP contribution is -2.39. The second-order valence-electron chi connectivity index (χ2n) is 8.10. The minimum atomic E-state index is -0.642. The predicted octanol–water partition coefficient (Wildman–Crippen LogP) is 4.98. The molecule has 0 fully saturated rings. The molecular formula is C27H22N4O4S2. The van der Waals surface area contributed by atoms with Crippen LogP contribution in [-0.4, -0.2) is 22.2 Å². The number of phenols is 1. The molecule has 1 atom stereocenters. The Balaban J connectivity index is 1.61. The SMILES string of the molecule is CCOC(=O)C1=C(C)N=c2s/c(=C\c3cc(N=Nc4ccccc4)ccc3O)c(=O)n2[C@H]1c1cccs1. The lowest BCUT2D eigenvalue weighted by Gasteiger charge is -2.23. The fourth-order valence-electron chi connectivity index (χ4n) is 3.98. The number of carbonyl (C=O) groups is 1. The van der Waals surface area contributed by atoms with Crippen molar-refractivity contribution >= 4 is 46.1 Å². The zero-order valence-electron chi connectivity index (χ0n) is 20.0. The van der Waals surface area contributed by atoms with E-state index in [4.69, 9.17) is 4.74 Å². The van der Waals surface area contributed by atoms with Crippen molar-refractivity contribution in [3.05, 3.63) is 107 Å². The molecule has 3 heterocycles. The summed E-state index contributed by atoms with van der Waals surface area (Å²) >= 11 is 2.65. The molecule has 8 nitrogen and oxygen atoms in total. The van der Waals surface area contributed by atoms with Crippen LogP contribution in [0.5, 0.6) is 5.75 Å². The Hall–Kier alpha value is -4.15. The van der Waals surface area contributed by atoms with Crippen LogP contribution in [0, 0.1) is 0 Å². The molecule has 10 heteroatoms. The topological polar surface area (TPSA) is 106 Å². The second-order valence-corrected chi connectivity index (χ2v) is 10.1. The largest absolute Gasteiger partial charge is 0.507 e. The maximum atomic E-state index is 13.7. The zero-order valence-corrected chi connectivity index (χ0v) is 21.6. The van der Waals surface area contributed by atoms with Crippen LogP contribution >= 0.6 is 22.7 Å². The van der Waals surface area contributed by atoms with Crippen molar-refractivity contribution in [3.8, 4) is 5.75 Å². The third-order valence-corrected chi connectivity index (χ3v) is 7.57. The van der Waals surface area contributed by atoms with E-state index < -0.39 is 12.0 Å². The van der Waals surface area contributed by atoms with Crippen molar-refractivity contribution in [2.24, 2.45) is 15.2 Å². The molecule has 186 valence electrons. The Labute approximate surface area is 219 Å². The van der Waals surface area contributed by atoms with Gasteiger partial charge >= 0.3 is 5.97 Å². The van der Waals surface area contributed by atoms with E-state index in [1.165, 1.54) is 33.3 Å². The fraction of sp³-hybridized carbons (Fsp3) is 0.148. The first kappa shape index (κ1) is 24.5. The molecule has 4 aromatic rings. The van der Waals surface area contributed by atoms with Gasteiger partial charge in [0.2, 0.25) is 0 Å². The van der Waals surface area contributed by atoms with E-state index in [-0.39, 0.29) is 17.9 Å². The number of fused-ring (bicyclic) bond motifs is 1. The Morgan fingerprint density at radius 3 is 2.65 bits per heavy atom. The molecule has 0 bridgehead atoms. The van der Waals surface area contributed by atoms with Crippen molar-refractivity contribution in [1.82, 2.24) is 4.57 Å². The number of nitrogens with zero attached hydrogens (tertiary/aromatic N) is 4. The van der Waals surface area contributed by atoms with E-state index in [2.05, 4.69) is 15.2 Å². The van der Waals surface area contributed by atoms with Gasteiger partial charge in [0, 0.05) is 10.4 Å². The van der Waals surface area contributed by atoms with Crippen LogP contribution in [0.25, 0.3) is 6.08 Å². The first-order valence-corrected chi connectivity index (χ1v) is 13.2. The van der Waals surface area contributed by atoms with Crippen molar-refractivity contribution in [2.45, 2.75) is 19.9 Å². The highest BCUT2D eigenvalue weighted by Crippen LogP contribution is 2.33. The number of aromatic nitrogens is 1. The van der Waals surface area contributed by atoms with Gasteiger partial charge in [0.15, 0.2) is 4.80 Å². The minimum absolute atomic E-state index is 0.00250. The quantitative estimate of drug-likeness (QED) is 0.280. The smallest absolute Gasteiger partial charge is 0.338 e. The molecule has 1 aliphatic rings. The number of allylic oxidation sites excluding steroid dienone is 1. The number of ether oxygens (including phenoxy) is 1. The van der Waals surface area contributed by atoms with Crippen molar-refractivity contribution in [1.29, 1.82) is 0 Å². The summed E-state index contributed by atoms with van der Waals surface area (Å²) in [6.45, 7) is 3.70. The molecule has 0 spiro atoms. The number of rotatable bonds is 6.